The Morgan fingerprint density at radius 1 is 1.42 bits per heavy atom. The van der Waals surface area contributed by atoms with E-state index in [1.54, 1.807) is 24.6 Å². The van der Waals surface area contributed by atoms with E-state index in [1.807, 2.05) is 12.1 Å². The third kappa shape index (κ3) is 5.53. The standard InChI is InChI=1S/C12H14BrN3OS.HI/c1-14-12(15-6-10-3-2-4-17-10)16-7-11-5-9(13)8-18-11;/h2-5,8H,6-7H2,1H3,(H2,14,15,16);1H. The van der Waals surface area contributed by atoms with E-state index in [0.717, 1.165) is 22.7 Å². The molecule has 0 atom stereocenters. The second-order valence-corrected chi connectivity index (χ2v) is 5.50. The van der Waals surface area contributed by atoms with Gasteiger partial charge in [0.25, 0.3) is 0 Å². The molecule has 0 spiro atoms. The Bertz CT molecular complexity index is 513. The highest BCUT2D eigenvalue weighted by atomic mass is 127. The number of hydrogen-bond donors (Lipinski definition) is 2. The van der Waals surface area contributed by atoms with Crippen molar-refractivity contribution in [2.75, 3.05) is 7.05 Å². The minimum absolute atomic E-state index is 0. The summed E-state index contributed by atoms with van der Waals surface area (Å²) in [6.45, 7) is 1.38. The number of thiophene rings is 1. The summed E-state index contributed by atoms with van der Waals surface area (Å²) in [4.78, 5) is 5.41. The van der Waals surface area contributed by atoms with Gasteiger partial charge in [0.05, 0.1) is 19.4 Å². The van der Waals surface area contributed by atoms with Crippen molar-refractivity contribution in [3.8, 4) is 0 Å². The Morgan fingerprint density at radius 2 is 2.21 bits per heavy atom. The number of aliphatic imine (C=N–C) groups is 1. The van der Waals surface area contributed by atoms with Gasteiger partial charge in [0.1, 0.15) is 5.76 Å². The largest absolute Gasteiger partial charge is 0.467 e. The Kier molecular flexibility index (Phi) is 7.47. The van der Waals surface area contributed by atoms with Crippen molar-refractivity contribution in [2.24, 2.45) is 4.99 Å². The average Bonchev–Trinajstić information content (AvgIpc) is 3.01. The van der Waals surface area contributed by atoms with Crippen LogP contribution in [0.25, 0.3) is 0 Å². The second-order valence-electron chi connectivity index (χ2n) is 3.59. The maximum Gasteiger partial charge on any atom is 0.191 e. The van der Waals surface area contributed by atoms with E-state index in [1.165, 1.54) is 4.88 Å². The molecule has 4 nitrogen and oxygen atoms in total. The minimum Gasteiger partial charge on any atom is -0.467 e. The molecular formula is C12H15BrIN3OS. The number of hydrogen-bond acceptors (Lipinski definition) is 3. The molecule has 0 unspecified atom stereocenters. The van der Waals surface area contributed by atoms with E-state index >= 15 is 0 Å². The molecule has 0 amide bonds. The molecule has 2 heterocycles. The topological polar surface area (TPSA) is 49.6 Å². The normalized spacial score (nSPS) is 10.9. The predicted molar refractivity (Wildman–Crippen MR) is 93.2 cm³/mol. The van der Waals surface area contributed by atoms with E-state index < -0.39 is 0 Å². The fourth-order valence-electron chi connectivity index (χ4n) is 1.42. The Balaban J connectivity index is 0.00000180. The van der Waals surface area contributed by atoms with Crippen LogP contribution in [0.2, 0.25) is 0 Å². The number of halogens is 2. The molecule has 0 aromatic carbocycles. The summed E-state index contributed by atoms with van der Waals surface area (Å²) >= 11 is 5.14. The molecular weight excluding hydrogens is 441 g/mol. The van der Waals surface area contributed by atoms with Gasteiger partial charge in [-0.25, -0.2) is 0 Å². The summed E-state index contributed by atoms with van der Waals surface area (Å²) in [6, 6.07) is 5.89. The second kappa shape index (κ2) is 8.60. The highest BCUT2D eigenvalue weighted by Gasteiger charge is 2.01. The molecule has 7 heteroatoms. The molecule has 2 rings (SSSR count). The van der Waals surface area contributed by atoms with Crippen LogP contribution in [0.5, 0.6) is 0 Å². The lowest BCUT2D eigenvalue weighted by Crippen LogP contribution is -2.36. The van der Waals surface area contributed by atoms with Crippen LogP contribution in [0.3, 0.4) is 0 Å². The van der Waals surface area contributed by atoms with Gasteiger partial charge in [-0.15, -0.1) is 35.3 Å². The molecule has 19 heavy (non-hydrogen) atoms. The van der Waals surface area contributed by atoms with E-state index in [9.17, 15) is 0 Å². The molecule has 0 radical (unpaired) electrons. The van der Waals surface area contributed by atoms with Crippen LogP contribution in [0, 0.1) is 0 Å². The Labute approximate surface area is 141 Å². The molecule has 0 aliphatic rings. The molecule has 2 aromatic rings. The first-order chi connectivity index (χ1) is 8.78. The fraction of sp³-hybridized carbons (Fsp3) is 0.250. The van der Waals surface area contributed by atoms with Crippen LogP contribution in [0.15, 0.2) is 43.7 Å². The van der Waals surface area contributed by atoms with Crippen LogP contribution < -0.4 is 10.6 Å². The van der Waals surface area contributed by atoms with Gasteiger partial charge < -0.3 is 15.1 Å². The van der Waals surface area contributed by atoms with Crippen LogP contribution in [0.1, 0.15) is 10.6 Å². The first-order valence-electron chi connectivity index (χ1n) is 5.48. The summed E-state index contributed by atoms with van der Waals surface area (Å²) in [5.41, 5.74) is 0. The van der Waals surface area contributed by atoms with Gasteiger partial charge >= 0.3 is 0 Å². The first-order valence-corrected chi connectivity index (χ1v) is 7.15. The number of guanidine groups is 1. The number of nitrogens with one attached hydrogen (secondary N) is 2. The number of nitrogens with zero attached hydrogens (tertiary/aromatic N) is 1. The van der Waals surface area contributed by atoms with Gasteiger partial charge in [-0.05, 0) is 34.1 Å². The molecule has 0 bridgehead atoms. The molecule has 104 valence electrons. The molecule has 2 N–H and O–H groups in total. The zero-order valence-electron chi connectivity index (χ0n) is 10.4. The zero-order valence-corrected chi connectivity index (χ0v) is 15.1. The van der Waals surface area contributed by atoms with E-state index in [2.05, 4.69) is 43.0 Å². The van der Waals surface area contributed by atoms with E-state index in [0.29, 0.717) is 6.54 Å². The minimum atomic E-state index is 0. The van der Waals surface area contributed by atoms with Crippen molar-refractivity contribution in [3.63, 3.8) is 0 Å². The Hall–Kier alpha value is -0.540. The quantitative estimate of drug-likeness (QED) is 0.420. The summed E-state index contributed by atoms with van der Waals surface area (Å²) in [5.74, 6) is 1.65. The molecule has 2 aromatic heterocycles. The molecule has 0 aliphatic carbocycles. The zero-order chi connectivity index (χ0) is 12.8. The van der Waals surface area contributed by atoms with Crippen LogP contribution in [-0.4, -0.2) is 13.0 Å². The highest BCUT2D eigenvalue weighted by molar-refractivity contribution is 14.0. The molecule has 0 aliphatic heterocycles. The summed E-state index contributed by atoms with van der Waals surface area (Å²) in [6.07, 6.45) is 1.66. The van der Waals surface area contributed by atoms with E-state index in [-0.39, 0.29) is 24.0 Å². The third-order valence-corrected chi connectivity index (χ3v) is 3.98. The fourth-order valence-corrected chi connectivity index (χ4v) is 2.81. The summed E-state index contributed by atoms with van der Waals surface area (Å²) < 4.78 is 6.36. The lowest BCUT2D eigenvalue weighted by Gasteiger charge is -2.09. The maximum absolute atomic E-state index is 5.25. The van der Waals surface area contributed by atoms with Crippen molar-refractivity contribution in [3.05, 3.63) is 45.0 Å². The number of rotatable bonds is 4. The highest BCUT2D eigenvalue weighted by Crippen LogP contribution is 2.19. The molecule has 0 fully saturated rings. The van der Waals surface area contributed by atoms with Crippen LogP contribution in [0.4, 0.5) is 0 Å². The van der Waals surface area contributed by atoms with Crippen molar-refractivity contribution in [1.82, 2.24) is 10.6 Å². The van der Waals surface area contributed by atoms with Gasteiger partial charge in [0, 0.05) is 21.8 Å². The van der Waals surface area contributed by atoms with Crippen molar-refractivity contribution in [2.45, 2.75) is 13.1 Å². The summed E-state index contributed by atoms with van der Waals surface area (Å²) in [7, 11) is 1.75. The summed E-state index contributed by atoms with van der Waals surface area (Å²) in [5, 5.41) is 8.50. The van der Waals surface area contributed by atoms with Crippen molar-refractivity contribution < 1.29 is 4.42 Å². The monoisotopic (exact) mass is 455 g/mol. The third-order valence-electron chi connectivity index (χ3n) is 2.29. The average molecular weight is 456 g/mol. The predicted octanol–water partition coefficient (Wildman–Crippen LogP) is 3.59. The Morgan fingerprint density at radius 3 is 2.79 bits per heavy atom. The lowest BCUT2D eigenvalue weighted by molar-refractivity contribution is 0.501. The van der Waals surface area contributed by atoms with Gasteiger partial charge in [-0.3, -0.25) is 4.99 Å². The van der Waals surface area contributed by atoms with E-state index in [4.69, 9.17) is 4.42 Å². The number of furan rings is 1. The van der Waals surface area contributed by atoms with Crippen molar-refractivity contribution in [1.29, 1.82) is 0 Å². The lowest BCUT2D eigenvalue weighted by atomic mass is 10.4. The van der Waals surface area contributed by atoms with Crippen LogP contribution >= 0.6 is 51.2 Å². The van der Waals surface area contributed by atoms with Gasteiger partial charge in [0.2, 0.25) is 0 Å². The molecule has 0 saturated heterocycles. The first kappa shape index (κ1) is 16.5. The van der Waals surface area contributed by atoms with Gasteiger partial charge in [-0.2, -0.15) is 0 Å². The SMILES string of the molecule is CN=C(NCc1ccco1)NCc1cc(Br)cs1.I. The maximum atomic E-state index is 5.25. The van der Waals surface area contributed by atoms with Crippen molar-refractivity contribution >= 4 is 57.2 Å². The van der Waals surface area contributed by atoms with Gasteiger partial charge in [0.15, 0.2) is 5.96 Å². The molecule has 0 saturated carbocycles. The van der Waals surface area contributed by atoms with Gasteiger partial charge in [-0.1, -0.05) is 0 Å². The smallest absolute Gasteiger partial charge is 0.191 e. The van der Waals surface area contributed by atoms with Crippen LogP contribution in [-0.2, 0) is 13.1 Å².